The number of nitrogens with one attached hydrogen (secondary N) is 1. The number of rotatable bonds is 1. The first-order chi connectivity index (χ1) is 8.19. The fourth-order valence-electron chi connectivity index (χ4n) is 2.74. The molecule has 1 saturated heterocycles. The molecule has 92 valence electrons. The van der Waals surface area contributed by atoms with Gasteiger partial charge in [-0.05, 0) is 45.2 Å². The van der Waals surface area contributed by atoms with Crippen molar-refractivity contribution in [3.05, 3.63) is 22.8 Å². The van der Waals surface area contributed by atoms with Crippen LogP contribution in [-0.4, -0.2) is 23.1 Å². The average Bonchev–Trinajstić information content (AvgIpc) is 2.78. The Morgan fingerprint density at radius 2 is 2.24 bits per heavy atom. The van der Waals surface area contributed by atoms with Crippen LogP contribution in [0, 0.1) is 6.92 Å². The van der Waals surface area contributed by atoms with E-state index in [4.69, 9.17) is 9.72 Å². The first kappa shape index (κ1) is 11.1. The number of aryl methyl sites for hydroxylation is 1. The highest BCUT2D eigenvalue weighted by Gasteiger charge is 2.35. The summed E-state index contributed by atoms with van der Waals surface area (Å²) in [7, 11) is 0. The van der Waals surface area contributed by atoms with Crippen LogP contribution in [0.2, 0.25) is 0 Å². The zero-order valence-electron chi connectivity index (χ0n) is 10.5. The van der Waals surface area contributed by atoms with Gasteiger partial charge in [-0.2, -0.15) is 0 Å². The molecule has 0 aliphatic carbocycles. The maximum Gasteiger partial charge on any atom is 0.160 e. The minimum Gasteiger partial charge on any atom is -0.367 e. The molecule has 1 aromatic rings. The van der Waals surface area contributed by atoms with E-state index in [1.807, 2.05) is 0 Å². The molecule has 1 N–H and O–H groups in total. The molecule has 4 nitrogen and oxygen atoms in total. The Morgan fingerprint density at radius 3 is 3.00 bits per heavy atom. The largest absolute Gasteiger partial charge is 0.367 e. The van der Waals surface area contributed by atoms with Crippen LogP contribution in [0.4, 0.5) is 0 Å². The second-order valence-corrected chi connectivity index (χ2v) is 5.17. The van der Waals surface area contributed by atoms with Gasteiger partial charge in [0.1, 0.15) is 5.60 Å². The smallest absolute Gasteiger partial charge is 0.160 e. The van der Waals surface area contributed by atoms with Gasteiger partial charge in [0, 0.05) is 18.8 Å². The van der Waals surface area contributed by atoms with E-state index < -0.39 is 0 Å². The van der Waals surface area contributed by atoms with E-state index >= 15 is 0 Å². The van der Waals surface area contributed by atoms with Crippen LogP contribution in [0.25, 0.3) is 0 Å². The Labute approximate surface area is 102 Å². The summed E-state index contributed by atoms with van der Waals surface area (Å²) in [6, 6.07) is 0. The van der Waals surface area contributed by atoms with Crippen molar-refractivity contribution in [3.63, 3.8) is 0 Å². The van der Waals surface area contributed by atoms with Crippen LogP contribution in [0.15, 0.2) is 0 Å². The highest BCUT2D eigenvalue weighted by Crippen LogP contribution is 2.34. The first-order valence-corrected chi connectivity index (χ1v) is 6.40. The van der Waals surface area contributed by atoms with Gasteiger partial charge in [-0.15, -0.1) is 0 Å². The van der Waals surface area contributed by atoms with Crippen molar-refractivity contribution < 1.29 is 4.74 Å². The van der Waals surface area contributed by atoms with Crippen molar-refractivity contribution in [2.24, 2.45) is 0 Å². The maximum atomic E-state index is 5.83. The molecular weight excluding hydrogens is 214 g/mol. The lowest BCUT2D eigenvalue weighted by Crippen LogP contribution is -2.30. The lowest BCUT2D eigenvalue weighted by molar-refractivity contribution is 0.00892. The quantitative estimate of drug-likeness (QED) is 0.797. The maximum absolute atomic E-state index is 5.83. The van der Waals surface area contributed by atoms with Crippen molar-refractivity contribution in [2.75, 3.05) is 13.2 Å². The Hall–Kier alpha value is -1.00. The summed E-state index contributed by atoms with van der Waals surface area (Å²) < 4.78 is 5.83. The lowest BCUT2D eigenvalue weighted by atomic mass is 9.99. The summed E-state index contributed by atoms with van der Waals surface area (Å²) in [5.74, 6) is 0.870. The number of hydrogen-bond acceptors (Lipinski definition) is 4. The summed E-state index contributed by atoms with van der Waals surface area (Å²) in [6.45, 7) is 6.92. The number of fused-ring (bicyclic) bond motifs is 1. The molecule has 2 aliphatic rings. The topological polar surface area (TPSA) is 47.0 Å². The third-order valence-corrected chi connectivity index (χ3v) is 3.84. The number of nitrogens with zero attached hydrogens (tertiary/aromatic N) is 2. The van der Waals surface area contributed by atoms with Crippen LogP contribution in [0.5, 0.6) is 0 Å². The molecule has 1 atom stereocenters. The number of ether oxygens (including phenoxy) is 1. The molecule has 17 heavy (non-hydrogen) atoms. The van der Waals surface area contributed by atoms with E-state index in [2.05, 4.69) is 24.1 Å². The predicted molar refractivity (Wildman–Crippen MR) is 64.7 cm³/mol. The van der Waals surface area contributed by atoms with Gasteiger partial charge in [-0.1, -0.05) is 0 Å². The van der Waals surface area contributed by atoms with Crippen molar-refractivity contribution >= 4 is 0 Å². The van der Waals surface area contributed by atoms with Crippen LogP contribution in [0.3, 0.4) is 0 Å². The molecule has 4 heteroatoms. The summed E-state index contributed by atoms with van der Waals surface area (Å²) in [6.07, 6.45) is 3.17. The van der Waals surface area contributed by atoms with Crippen molar-refractivity contribution in [2.45, 2.75) is 45.3 Å². The first-order valence-electron chi connectivity index (χ1n) is 6.40. The third-order valence-electron chi connectivity index (χ3n) is 3.84. The fraction of sp³-hybridized carbons (Fsp3) is 0.692. The molecule has 0 bridgehead atoms. The molecule has 3 heterocycles. The minimum absolute atomic E-state index is 0.267. The standard InChI is InChI=1S/C13H19N3O/c1-9-10-4-6-14-8-11(10)16-12(15-9)13(2)5-3-7-17-13/h14H,3-8H2,1-2H3. The summed E-state index contributed by atoms with van der Waals surface area (Å²) in [5, 5.41) is 3.37. The molecule has 0 saturated carbocycles. The van der Waals surface area contributed by atoms with Crippen LogP contribution in [0.1, 0.15) is 42.5 Å². The average molecular weight is 233 g/mol. The Balaban J connectivity index is 2.04. The zero-order chi connectivity index (χ0) is 11.9. The Morgan fingerprint density at radius 1 is 1.35 bits per heavy atom. The van der Waals surface area contributed by atoms with Gasteiger partial charge in [0.25, 0.3) is 0 Å². The zero-order valence-corrected chi connectivity index (χ0v) is 10.5. The third kappa shape index (κ3) is 1.85. The molecular formula is C13H19N3O. The second kappa shape index (κ2) is 4.03. The lowest BCUT2D eigenvalue weighted by Gasteiger charge is -2.25. The number of hydrogen-bond donors (Lipinski definition) is 1. The Bertz CT molecular complexity index is 439. The molecule has 3 rings (SSSR count). The fourth-order valence-corrected chi connectivity index (χ4v) is 2.74. The van der Waals surface area contributed by atoms with E-state index in [9.17, 15) is 0 Å². The van der Waals surface area contributed by atoms with Crippen LogP contribution >= 0.6 is 0 Å². The number of aromatic nitrogens is 2. The molecule has 0 spiro atoms. The van der Waals surface area contributed by atoms with Crippen molar-refractivity contribution in [3.8, 4) is 0 Å². The van der Waals surface area contributed by atoms with Crippen LogP contribution < -0.4 is 5.32 Å². The minimum atomic E-state index is -0.267. The van der Waals surface area contributed by atoms with E-state index in [1.54, 1.807) is 0 Å². The van der Waals surface area contributed by atoms with Gasteiger partial charge in [-0.3, -0.25) is 0 Å². The molecule has 0 aromatic carbocycles. The van der Waals surface area contributed by atoms with Crippen LogP contribution in [-0.2, 0) is 23.3 Å². The van der Waals surface area contributed by atoms with E-state index in [0.717, 1.165) is 56.2 Å². The van der Waals surface area contributed by atoms with Gasteiger partial charge in [0.05, 0.1) is 5.69 Å². The molecule has 0 amide bonds. The van der Waals surface area contributed by atoms with Gasteiger partial charge in [-0.25, -0.2) is 9.97 Å². The van der Waals surface area contributed by atoms with Crippen molar-refractivity contribution in [1.29, 1.82) is 0 Å². The predicted octanol–water partition coefficient (Wildman–Crippen LogP) is 1.46. The van der Waals surface area contributed by atoms with Crippen molar-refractivity contribution in [1.82, 2.24) is 15.3 Å². The van der Waals surface area contributed by atoms with Gasteiger partial charge in [0.2, 0.25) is 0 Å². The van der Waals surface area contributed by atoms with Gasteiger partial charge in [0.15, 0.2) is 5.82 Å². The molecule has 1 aromatic heterocycles. The van der Waals surface area contributed by atoms with E-state index in [-0.39, 0.29) is 5.60 Å². The van der Waals surface area contributed by atoms with E-state index in [1.165, 1.54) is 5.56 Å². The monoisotopic (exact) mass is 233 g/mol. The molecule has 1 fully saturated rings. The van der Waals surface area contributed by atoms with Gasteiger partial charge < -0.3 is 10.1 Å². The summed E-state index contributed by atoms with van der Waals surface area (Å²) >= 11 is 0. The summed E-state index contributed by atoms with van der Waals surface area (Å²) in [5.41, 5.74) is 3.35. The second-order valence-electron chi connectivity index (χ2n) is 5.17. The molecule has 0 radical (unpaired) electrons. The molecule has 1 unspecified atom stereocenters. The van der Waals surface area contributed by atoms with E-state index in [0.29, 0.717) is 0 Å². The normalized spacial score (nSPS) is 28.1. The Kier molecular flexibility index (Phi) is 2.64. The highest BCUT2D eigenvalue weighted by atomic mass is 16.5. The highest BCUT2D eigenvalue weighted by molar-refractivity contribution is 5.28. The SMILES string of the molecule is Cc1nc(C2(C)CCCO2)nc2c1CCNC2. The molecule has 2 aliphatic heterocycles. The van der Waals surface area contributed by atoms with Gasteiger partial charge >= 0.3 is 0 Å². The summed E-state index contributed by atoms with van der Waals surface area (Å²) in [4.78, 5) is 9.41.